The zero-order valence-corrected chi connectivity index (χ0v) is 69.4. The molecule has 650 valence electrons. The summed E-state index contributed by atoms with van der Waals surface area (Å²) in [6, 6.07) is -2.53. The van der Waals surface area contributed by atoms with Crippen molar-refractivity contribution in [1.82, 2.24) is 10.6 Å². The predicted molar refractivity (Wildman–Crippen MR) is 431 cm³/mol. The normalized spacial score (nSPS) is 25.5. The third-order valence-electron chi connectivity index (χ3n) is 23.3. The number of hydrogen-bond donors (Lipinski definition) is 14. The number of carboxylic acids is 1. The monoisotopic (exact) mass is 1580 g/mol. The van der Waals surface area contributed by atoms with E-state index in [4.69, 9.17) is 28.4 Å². The van der Waals surface area contributed by atoms with E-state index in [1.54, 1.807) is 0 Å². The van der Waals surface area contributed by atoms with Crippen molar-refractivity contribution < 1.29 is 104 Å². The lowest BCUT2D eigenvalue weighted by Gasteiger charge is -2.50. The van der Waals surface area contributed by atoms with Gasteiger partial charge in [-0.2, -0.15) is 0 Å². The molecule has 0 aliphatic carbocycles. The first-order valence-electron chi connectivity index (χ1n) is 45.4. The van der Waals surface area contributed by atoms with E-state index >= 15 is 0 Å². The highest BCUT2D eigenvalue weighted by Gasteiger charge is 2.60. The van der Waals surface area contributed by atoms with Crippen LogP contribution < -0.4 is 10.6 Å². The molecule has 0 aromatic rings. The lowest BCUT2D eigenvalue weighted by molar-refractivity contribution is -0.386. The number of carboxylic acid groups (broad SMARTS) is 1. The van der Waals surface area contributed by atoms with Crippen molar-refractivity contribution in [1.29, 1.82) is 0 Å². The fraction of sp³-hybridized carbons (Fsp3) is 0.966. The topological polar surface area (TPSA) is 373 Å². The third kappa shape index (κ3) is 44.3. The number of aliphatic hydroxyl groups excluding tert-OH is 11. The van der Waals surface area contributed by atoms with Gasteiger partial charge in [-0.1, -0.05) is 367 Å². The first-order chi connectivity index (χ1) is 53.4. The van der Waals surface area contributed by atoms with Crippen LogP contribution in [0, 0.1) is 0 Å². The summed E-state index contributed by atoms with van der Waals surface area (Å²) in [5, 5.41) is 137. The number of unbranched alkanes of at least 4 members (excludes halogenated alkanes) is 54. The van der Waals surface area contributed by atoms with Crippen LogP contribution in [0.2, 0.25) is 0 Å². The molecule has 3 fully saturated rings. The van der Waals surface area contributed by atoms with Crippen molar-refractivity contribution in [3.8, 4) is 0 Å². The van der Waals surface area contributed by atoms with E-state index < -0.39 is 148 Å². The molecule has 18 unspecified atom stereocenters. The molecule has 18 atom stereocenters. The highest BCUT2D eigenvalue weighted by Crippen LogP contribution is 2.39. The predicted octanol–water partition coefficient (Wildman–Crippen LogP) is 14.3. The van der Waals surface area contributed by atoms with Gasteiger partial charge in [0.05, 0.1) is 50.7 Å². The average Bonchev–Trinajstić information content (AvgIpc) is 0.760. The van der Waals surface area contributed by atoms with Gasteiger partial charge in [0.15, 0.2) is 12.6 Å². The SMILES string of the molecule is CCCCCCCCCCCCCCCCCCCCCCCCCCCCCCCCCCCC(=O)NC(COC1OC(CO)C(OC2OC(CO)C(O)C(OC3(C(=O)O)CC(O)C(NC(C)=O)C(C(O)C(O)CO)O3)C2O)C(O)C1O)C(O)CCCCCCCCCCCCCCCCCCCCCCCCC. The molecule has 0 aromatic carbocycles. The van der Waals surface area contributed by atoms with Gasteiger partial charge < -0.3 is 100 Å². The van der Waals surface area contributed by atoms with Crippen LogP contribution in [-0.4, -0.2) is 215 Å². The van der Waals surface area contributed by atoms with E-state index in [-0.39, 0.29) is 18.9 Å². The number of aliphatic hydroxyl groups is 11. The van der Waals surface area contributed by atoms with E-state index in [1.165, 1.54) is 302 Å². The summed E-state index contributed by atoms with van der Waals surface area (Å²) in [5.74, 6) is -6.08. The summed E-state index contributed by atoms with van der Waals surface area (Å²) < 4.78 is 35.1. The van der Waals surface area contributed by atoms with Crippen LogP contribution in [0.15, 0.2) is 0 Å². The van der Waals surface area contributed by atoms with Crippen molar-refractivity contribution >= 4 is 17.8 Å². The summed E-state index contributed by atoms with van der Waals surface area (Å²) in [4.78, 5) is 38.8. The van der Waals surface area contributed by atoms with Gasteiger partial charge in [0, 0.05) is 19.8 Å². The van der Waals surface area contributed by atoms with Crippen LogP contribution in [-0.2, 0) is 42.8 Å². The molecule has 23 nitrogen and oxygen atoms in total. The minimum atomic E-state index is -3.08. The average molecular weight is 1580 g/mol. The number of hydrogen-bond acceptors (Lipinski definition) is 20. The molecule has 0 radical (unpaired) electrons. The minimum absolute atomic E-state index is 0.230. The fourth-order valence-electron chi connectivity index (χ4n) is 16.2. The van der Waals surface area contributed by atoms with Crippen LogP contribution in [0.5, 0.6) is 0 Å². The molecule has 14 N–H and O–H groups in total. The summed E-state index contributed by atoms with van der Waals surface area (Å²) in [5.41, 5.74) is 0. The van der Waals surface area contributed by atoms with E-state index in [2.05, 4.69) is 24.5 Å². The van der Waals surface area contributed by atoms with E-state index in [0.29, 0.717) is 19.3 Å². The molecule has 0 aromatic heterocycles. The minimum Gasteiger partial charge on any atom is -0.477 e. The van der Waals surface area contributed by atoms with Crippen LogP contribution in [0.1, 0.15) is 400 Å². The van der Waals surface area contributed by atoms with Gasteiger partial charge in [-0.3, -0.25) is 9.59 Å². The van der Waals surface area contributed by atoms with E-state index in [9.17, 15) is 75.7 Å². The van der Waals surface area contributed by atoms with Crippen LogP contribution in [0.25, 0.3) is 0 Å². The number of carbonyl (C=O) groups excluding carboxylic acids is 2. The summed E-state index contributed by atoms with van der Waals surface area (Å²) in [7, 11) is 0. The summed E-state index contributed by atoms with van der Waals surface area (Å²) in [6.07, 6.45) is 44.0. The Labute approximate surface area is 665 Å². The molecule has 0 saturated carbocycles. The van der Waals surface area contributed by atoms with Gasteiger partial charge in [-0.05, 0) is 12.8 Å². The number of ether oxygens (including phenoxy) is 6. The molecule has 2 amide bonds. The molecular formula is C87H166N2O21. The maximum absolute atomic E-state index is 13.6. The summed E-state index contributed by atoms with van der Waals surface area (Å²) in [6.45, 7) is 2.29. The smallest absolute Gasteiger partial charge is 0.364 e. The van der Waals surface area contributed by atoms with E-state index in [1.807, 2.05) is 0 Å². The van der Waals surface area contributed by atoms with Gasteiger partial charge in [-0.25, -0.2) is 4.79 Å². The third-order valence-corrected chi connectivity index (χ3v) is 23.3. The largest absolute Gasteiger partial charge is 0.477 e. The second kappa shape index (κ2) is 65.7. The molecule has 3 aliphatic heterocycles. The molecular weight excluding hydrogens is 1410 g/mol. The maximum atomic E-state index is 13.6. The van der Waals surface area contributed by atoms with E-state index in [0.717, 1.165) is 51.9 Å². The van der Waals surface area contributed by atoms with Gasteiger partial charge in [0.25, 0.3) is 5.79 Å². The second-order valence-electron chi connectivity index (χ2n) is 33.2. The van der Waals surface area contributed by atoms with Gasteiger partial charge >= 0.3 is 5.97 Å². The Kier molecular flexibility index (Phi) is 60.9. The quantitative estimate of drug-likeness (QED) is 0.0252. The number of rotatable bonds is 74. The van der Waals surface area contributed by atoms with Crippen molar-refractivity contribution in [3.05, 3.63) is 0 Å². The van der Waals surface area contributed by atoms with Crippen molar-refractivity contribution in [2.45, 2.75) is 509 Å². The van der Waals surface area contributed by atoms with Crippen LogP contribution in [0.4, 0.5) is 0 Å². The molecule has 3 rings (SSSR count). The van der Waals surface area contributed by atoms with Gasteiger partial charge in [-0.15, -0.1) is 0 Å². The Morgan fingerprint density at radius 3 is 1.14 bits per heavy atom. The van der Waals surface area contributed by atoms with Crippen molar-refractivity contribution in [2.75, 3.05) is 26.4 Å². The lowest BCUT2D eigenvalue weighted by atomic mass is 9.88. The maximum Gasteiger partial charge on any atom is 0.364 e. The standard InChI is InChI=1S/C87H166N2O21/c1-4-6-8-10-12-14-16-18-20-22-24-26-28-29-30-31-32-33-34-35-36-37-39-41-43-45-47-49-51-53-55-57-59-61-74(97)89-68(69(94)60-58-56-54-52-50-48-46-44-42-40-38-27-25-23-21-19-17-15-13-11-9-7-5-2)66-105-84-79(101)78(100)81(73(65-92)107-84)108-85-80(102)83(77(99)72(64-91)106-85)110-87(86(103)104)62-70(95)75(88-67(3)93)82(109-87)76(98)71(96)63-90/h68-73,75-85,90-92,94-96,98-102H,4-66H2,1-3H3,(H,88,93)(H,89,97)(H,103,104). The van der Waals surface area contributed by atoms with Crippen LogP contribution >= 0.6 is 0 Å². The lowest BCUT2D eigenvalue weighted by Crippen LogP contribution is -2.70. The van der Waals surface area contributed by atoms with Gasteiger partial charge in [0.2, 0.25) is 11.8 Å². The Morgan fingerprint density at radius 2 is 0.791 bits per heavy atom. The Morgan fingerprint density at radius 1 is 0.436 bits per heavy atom. The molecule has 3 saturated heterocycles. The fourth-order valence-corrected chi connectivity index (χ4v) is 16.2. The first kappa shape index (κ1) is 102. The second-order valence-corrected chi connectivity index (χ2v) is 33.2. The molecule has 23 heteroatoms. The highest BCUT2D eigenvalue weighted by atomic mass is 16.8. The zero-order valence-electron chi connectivity index (χ0n) is 69.4. The highest BCUT2D eigenvalue weighted by molar-refractivity contribution is 5.77. The number of carbonyl (C=O) groups is 3. The molecule has 3 aliphatic rings. The summed E-state index contributed by atoms with van der Waals surface area (Å²) >= 11 is 0. The molecule has 110 heavy (non-hydrogen) atoms. The molecule has 0 spiro atoms. The Hall–Kier alpha value is -2.27. The van der Waals surface area contributed by atoms with Crippen molar-refractivity contribution in [2.24, 2.45) is 0 Å². The molecule has 3 heterocycles. The first-order valence-corrected chi connectivity index (χ1v) is 45.4. The molecule has 0 bridgehead atoms. The number of amides is 2. The Balaban J connectivity index is 1.44. The zero-order chi connectivity index (χ0) is 80.3. The number of aliphatic carboxylic acids is 1. The van der Waals surface area contributed by atoms with Crippen LogP contribution in [0.3, 0.4) is 0 Å². The number of nitrogens with one attached hydrogen (secondary N) is 2. The Bertz CT molecular complexity index is 2180. The van der Waals surface area contributed by atoms with Crippen molar-refractivity contribution in [3.63, 3.8) is 0 Å². The van der Waals surface area contributed by atoms with Gasteiger partial charge in [0.1, 0.15) is 67.1 Å².